The fourth-order valence-electron chi connectivity index (χ4n) is 2.02. The van der Waals surface area contributed by atoms with Gasteiger partial charge < -0.3 is 5.32 Å². The smallest absolute Gasteiger partial charge is 0.0176 e. The van der Waals surface area contributed by atoms with E-state index < -0.39 is 0 Å². The molecule has 0 saturated carbocycles. The Bertz CT molecular complexity index is 306. The first-order valence-corrected chi connectivity index (χ1v) is 7.74. The minimum Gasteiger partial charge on any atom is -0.314 e. The van der Waals surface area contributed by atoms with Crippen LogP contribution in [0.5, 0.6) is 0 Å². The summed E-state index contributed by atoms with van der Waals surface area (Å²) in [6, 6.07) is 9.35. The molecule has 3 heteroatoms. The third-order valence-electron chi connectivity index (χ3n) is 2.96. The Labute approximate surface area is 111 Å². The fraction of sp³-hybridized carbons (Fsp3) is 0.538. The standard InChI is InChI=1S/C13H18BrNS/c14-11-4-6-13(7-5-11)16-10-8-12-3-1-2-9-15-12/h4-7,12,15H,1-3,8-10H2. The lowest BCUT2D eigenvalue weighted by atomic mass is 10.0. The molecule has 1 aromatic carbocycles. The van der Waals surface area contributed by atoms with E-state index in [0.717, 1.165) is 10.5 Å². The average Bonchev–Trinajstić information content (AvgIpc) is 2.33. The molecule has 0 aromatic heterocycles. The molecule has 0 bridgehead atoms. The predicted octanol–water partition coefficient (Wildman–Crippen LogP) is 4.07. The zero-order valence-corrected chi connectivity index (χ0v) is 11.8. The van der Waals surface area contributed by atoms with Crippen molar-refractivity contribution >= 4 is 27.7 Å². The molecule has 0 spiro atoms. The molecule has 1 unspecified atom stereocenters. The second kappa shape index (κ2) is 6.67. The summed E-state index contributed by atoms with van der Waals surface area (Å²) < 4.78 is 1.16. The van der Waals surface area contributed by atoms with E-state index in [1.807, 2.05) is 11.8 Å². The highest BCUT2D eigenvalue weighted by atomic mass is 79.9. The van der Waals surface area contributed by atoms with Gasteiger partial charge in [-0.15, -0.1) is 11.8 Å². The van der Waals surface area contributed by atoms with Crippen LogP contribution in [0.15, 0.2) is 33.6 Å². The number of benzene rings is 1. The van der Waals surface area contributed by atoms with E-state index >= 15 is 0 Å². The summed E-state index contributed by atoms with van der Waals surface area (Å²) in [5.74, 6) is 1.22. The number of rotatable bonds is 4. The van der Waals surface area contributed by atoms with E-state index in [2.05, 4.69) is 45.5 Å². The highest BCUT2D eigenvalue weighted by Crippen LogP contribution is 2.22. The maximum Gasteiger partial charge on any atom is 0.0176 e. The van der Waals surface area contributed by atoms with Crippen molar-refractivity contribution in [2.24, 2.45) is 0 Å². The first-order chi connectivity index (χ1) is 7.84. The molecule has 2 rings (SSSR count). The lowest BCUT2D eigenvalue weighted by molar-refractivity contribution is 0.395. The molecule has 1 heterocycles. The normalized spacial score (nSPS) is 20.9. The van der Waals surface area contributed by atoms with Crippen LogP contribution in [0, 0.1) is 0 Å². The summed E-state index contributed by atoms with van der Waals surface area (Å²) in [7, 11) is 0. The fourth-order valence-corrected chi connectivity index (χ4v) is 3.25. The van der Waals surface area contributed by atoms with Gasteiger partial charge in [0.05, 0.1) is 0 Å². The Morgan fingerprint density at radius 3 is 2.75 bits per heavy atom. The van der Waals surface area contributed by atoms with Crippen LogP contribution in [0.3, 0.4) is 0 Å². The van der Waals surface area contributed by atoms with Crippen LogP contribution < -0.4 is 5.32 Å². The van der Waals surface area contributed by atoms with Gasteiger partial charge >= 0.3 is 0 Å². The first kappa shape index (κ1) is 12.5. The summed E-state index contributed by atoms with van der Waals surface area (Å²) in [6.45, 7) is 1.22. The van der Waals surface area contributed by atoms with E-state index in [1.54, 1.807) is 0 Å². The highest BCUT2D eigenvalue weighted by molar-refractivity contribution is 9.10. The van der Waals surface area contributed by atoms with Crippen LogP contribution in [-0.2, 0) is 0 Å². The third-order valence-corrected chi connectivity index (χ3v) is 4.54. The molecule has 0 radical (unpaired) electrons. The molecular formula is C13H18BrNS. The van der Waals surface area contributed by atoms with Gasteiger partial charge in [0.1, 0.15) is 0 Å². The maximum absolute atomic E-state index is 3.59. The third kappa shape index (κ3) is 4.11. The molecule has 1 fully saturated rings. The Hall–Kier alpha value is 0.01000. The number of halogens is 1. The van der Waals surface area contributed by atoms with Crippen molar-refractivity contribution in [3.63, 3.8) is 0 Å². The van der Waals surface area contributed by atoms with Crippen molar-refractivity contribution in [1.82, 2.24) is 5.32 Å². The van der Waals surface area contributed by atoms with Crippen molar-refractivity contribution in [3.8, 4) is 0 Å². The second-order valence-corrected chi connectivity index (χ2v) is 6.32. The van der Waals surface area contributed by atoms with Crippen LogP contribution in [0.4, 0.5) is 0 Å². The van der Waals surface area contributed by atoms with Crippen molar-refractivity contribution in [2.75, 3.05) is 12.3 Å². The number of hydrogen-bond donors (Lipinski definition) is 1. The average molecular weight is 300 g/mol. The minimum absolute atomic E-state index is 0.761. The number of piperidine rings is 1. The summed E-state index contributed by atoms with van der Waals surface area (Å²) in [4.78, 5) is 1.37. The van der Waals surface area contributed by atoms with Gasteiger partial charge in [0.2, 0.25) is 0 Å². The molecule has 88 valence electrons. The van der Waals surface area contributed by atoms with Crippen molar-refractivity contribution in [1.29, 1.82) is 0 Å². The molecule has 1 aliphatic heterocycles. The van der Waals surface area contributed by atoms with Gasteiger partial charge in [0.15, 0.2) is 0 Å². The lowest BCUT2D eigenvalue weighted by Gasteiger charge is -2.23. The van der Waals surface area contributed by atoms with Crippen LogP contribution in [-0.4, -0.2) is 18.3 Å². The van der Waals surface area contributed by atoms with Crippen LogP contribution >= 0.6 is 27.7 Å². The second-order valence-electron chi connectivity index (χ2n) is 4.24. The van der Waals surface area contributed by atoms with Crippen molar-refractivity contribution in [3.05, 3.63) is 28.7 Å². The Balaban J connectivity index is 1.69. The molecule has 1 aliphatic rings. The molecule has 1 nitrogen and oxygen atoms in total. The summed E-state index contributed by atoms with van der Waals surface area (Å²) in [6.07, 6.45) is 5.42. The first-order valence-electron chi connectivity index (χ1n) is 5.96. The minimum atomic E-state index is 0.761. The van der Waals surface area contributed by atoms with Crippen molar-refractivity contribution in [2.45, 2.75) is 36.6 Å². The van der Waals surface area contributed by atoms with Gasteiger partial charge in [-0.05, 0) is 55.8 Å². The molecule has 0 amide bonds. The Morgan fingerprint density at radius 2 is 2.06 bits per heavy atom. The van der Waals surface area contributed by atoms with Gasteiger partial charge in [-0.1, -0.05) is 22.4 Å². The number of nitrogens with one attached hydrogen (secondary N) is 1. The van der Waals surface area contributed by atoms with Gasteiger partial charge in [-0.2, -0.15) is 0 Å². The van der Waals surface area contributed by atoms with Crippen LogP contribution in [0.1, 0.15) is 25.7 Å². The maximum atomic E-state index is 3.59. The van der Waals surface area contributed by atoms with E-state index in [4.69, 9.17) is 0 Å². The van der Waals surface area contributed by atoms with Gasteiger partial charge in [0, 0.05) is 15.4 Å². The Kier molecular flexibility index (Phi) is 5.20. The Morgan fingerprint density at radius 1 is 1.25 bits per heavy atom. The number of thioether (sulfide) groups is 1. The zero-order valence-electron chi connectivity index (χ0n) is 9.42. The number of hydrogen-bond acceptors (Lipinski definition) is 2. The van der Waals surface area contributed by atoms with Crippen LogP contribution in [0.2, 0.25) is 0 Å². The quantitative estimate of drug-likeness (QED) is 0.841. The van der Waals surface area contributed by atoms with Gasteiger partial charge in [-0.3, -0.25) is 0 Å². The molecule has 1 N–H and O–H groups in total. The molecular weight excluding hydrogens is 282 g/mol. The topological polar surface area (TPSA) is 12.0 Å². The molecule has 0 aliphatic carbocycles. The largest absolute Gasteiger partial charge is 0.314 e. The highest BCUT2D eigenvalue weighted by Gasteiger charge is 2.11. The van der Waals surface area contributed by atoms with Crippen LogP contribution in [0.25, 0.3) is 0 Å². The molecule has 1 saturated heterocycles. The summed E-state index contributed by atoms with van der Waals surface area (Å²) in [5, 5.41) is 3.59. The van der Waals surface area contributed by atoms with E-state index in [0.29, 0.717) is 0 Å². The summed E-state index contributed by atoms with van der Waals surface area (Å²) >= 11 is 5.42. The van der Waals surface area contributed by atoms with Gasteiger partial charge in [0.25, 0.3) is 0 Å². The summed E-state index contributed by atoms with van der Waals surface area (Å²) in [5.41, 5.74) is 0. The van der Waals surface area contributed by atoms with Gasteiger partial charge in [-0.25, -0.2) is 0 Å². The van der Waals surface area contributed by atoms with E-state index in [1.165, 1.54) is 42.9 Å². The zero-order chi connectivity index (χ0) is 11.2. The molecule has 1 atom stereocenters. The van der Waals surface area contributed by atoms with Crippen molar-refractivity contribution < 1.29 is 0 Å². The SMILES string of the molecule is Brc1ccc(SCCC2CCCCN2)cc1. The van der Waals surface area contributed by atoms with E-state index in [9.17, 15) is 0 Å². The molecule has 16 heavy (non-hydrogen) atoms. The lowest BCUT2D eigenvalue weighted by Crippen LogP contribution is -2.34. The monoisotopic (exact) mass is 299 g/mol. The molecule has 1 aromatic rings. The predicted molar refractivity (Wildman–Crippen MR) is 75.1 cm³/mol. The van der Waals surface area contributed by atoms with E-state index in [-0.39, 0.29) is 0 Å².